The largest absolute Gasteiger partial charge is 0.392 e. The minimum Gasteiger partial charge on any atom is -0.392 e. The first kappa shape index (κ1) is 31.2. The smallest absolute Gasteiger partial charge is 0.0661 e. The van der Waals surface area contributed by atoms with Crippen LogP contribution in [0, 0.1) is 58.2 Å². The summed E-state index contributed by atoms with van der Waals surface area (Å²) in [7, 11) is 1.94. The number of hydrogen-bond acceptors (Lipinski definition) is 3. The number of fused-ring (bicyclic) bond motifs is 5. The average molecular weight is 519 g/mol. The Hall–Kier alpha value is -0.380. The molecule has 3 heteroatoms. The zero-order chi connectivity index (χ0) is 27.4. The molecular weight excluding hydrogens is 456 g/mol. The number of methoxy groups -OCH3 is 1. The van der Waals surface area contributed by atoms with Gasteiger partial charge in [0.15, 0.2) is 0 Å². The Morgan fingerprint density at radius 1 is 0.892 bits per heavy atom. The lowest BCUT2D eigenvalue weighted by molar-refractivity contribution is -0.133. The standard InChI is InChI=1S/C30H54O.C4H8O2/c1-8-22(20(2)3)10-9-21(4)26-13-14-27-25-12-11-23-19-24(31-7)15-17-29(23,5)28(25)16-18-30(26,27)6;1-4(2-5)3-6/h20-28H,8-19H2,1-7H3;5-6H,1-3H2/t21-,22?,23?,24?,25+,26?,27?,28?,29?,30?;/m1./s1. The maximum Gasteiger partial charge on any atom is 0.0661 e. The predicted molar refractivity (Wildman–Crippen MR) is 156 cm³/mol. The van der Waals surface area contributed by atoms with Crippen molar-refractivity contribution >= 4 is 0 Å². The van der Waals surface area contributed by atoms with Crippen molar-refractivity contribution in [1.82, 2.24) is 0 Å². The molecule has 8 unspecified atom stereocenters. The summed E-state index contributed by atoms with van der Waals surface area (Å²) in [5.41, 5.74) is 1.69. The summed E-state index contributed by atoms with van der Waals surface area (Å²) in [4.78, 5) is 0. The number of aliphatic hydroxyl groups excluding tert-OH is 2. The topological polar surface area (TPSA) is 49.7 Å². The van der Waals surface area contributed by atoms with Crippen LogP contribution in [-0.4, -0.2) is 36.6 Å². The maximum atomic E-state index is 8.08. The molecule has 4 aliphatic rings. The quantitative estimate of drug-likeness (QED) is 0.302. The number of hydrogen-bond donors (Lipinski definition) is 2. The van der Waals surface area contributed by atoms with Crippen LogP contribution in [0.15, 0.2) is 12.2 Å². The van der Waals surface area contributed by atoms with Gasteiger partial charge in [0.2, 0.25) is 0 Å². The number of rotatable bonds is 9. The average Bonchev–Trinajstić information content (AvgIpc) is 3.25. The first-order valence-electron chi connectivity index (χ1n) is 16.0. The van der Waals surface area contributed by atoms with Crippen molar-refractivity contribution in [3.8, 4) is 0 Å². The van der Waals surface area contributed by atoms with Crippen LogP contribution in [0.25, 0.3) is 0 Å². The summed E-state index contributed by atoms with van der Waals surface area (Å²) in [5, 5.41) is 16.2. The fourth-order valence-corrected chi connectivity index (χ4v) is 10.1. The van der Waals surface area contributed by atoms with Gasteiger partial charge in [-0.25, -0.2) is 0 Å². The van der Waals surface area contributed by atoms with E-state index in [1.165, 1.54) is 77.0 Å². The molecule has 4 rings (SSSR count). The van der Waals surface area contributed by atoms with Crippen LogP contribution >= 0.6 is 0 Å². The number of aliphatic hydroxyl groups is 2. The molecule has 0 aromatic heterocycles. The summed E-state index contributed by atoms with van der Waals surface area (Å²) in [6, 6.07) is 0. The Balaban J connectivity index is 0.000000568. The van der Waals surface area contributed by atoms with Crippen LogP contribution in [0.3, 0.4) is 0 Å². The zero-order valence-electron chi connectivity index (χ0n) is 25.6. The molecule has 0 aromatic rings. The van der Waals surface area contributed by atoms with Gasteiger partial charge in [0.05, 0.1) is 19.3 Å². The van der Waals surface area contributed by atoms with E-state index in [0.29, 0.717) is 22.5 Å². The molecule has 0 spiro atoms. The van der Waals surface area contributed by atoms with Gasteiger partial charge in [-0.1, -0.05) is 61.0 Å². The molecule has 4 aliphatic carbocycles. The molecule has 0 amide bonds. The van der Waals surface area contributed by atoms with Crippen LogP contribution in [0.4, 0.5) is 0 Å². The maximum absolute atomic E-state index is 8.08. The van der Waals surface area contributed by atoms with E-state index in [1.807, 2.05) is 7.11 Å². The molecule has 0 heterocycles. The Bertz CT molecular complexity index is 712. The third-order valence-electron chi connectivity index (χ3n) is 12.6. The van der Waals surface area contributed by atoms with Crippen LogP contribution in [0.1, 0.15) is 119 Å². The van der Waals surface area contributed by atoms with Crippen molar-refractivity contribution in [1.29, 1.82) is 0 Å². The summed E-state index contributed by atoms with van der Waals surface area (Å²) in [5.74, 6) is 7.65. The molecule has 37 heavy (non-hydrogen) atoms. The Kier molecular flexibility index (Phi) is 11.2. The van der Waals surface area contributed by atoms with E-state index in [-0.39, 0.29) is 13.2 Å². The monoisotopic (exact) mass is 518 g/mol. The van der Waals surface area contributed by atoms with Gasteiger partial charge < -0.3 is 14.9 Å². The van der Waals surface area contributed by atoms with Gasteiger partial charge in [0, 0.05) is 7.11 Å². The normalized spacial score (nSPS) is 40.6. The zero-order valence-corrected chi connectivity index (χ0v) is 25.6. The molecule has 10 atom stereocenters. The van der Waals surface area contributed by atoms with Crippen LogP contribution in [0.5, 0.6) is 0 Å². The van der Waals surface area contributed by atoms with Crippen molar-refractivity contribution in [2.75, 3.05) is 20.3 Å². The highest BCUT2D eigenvalue weighted by molar-refractivity contribution is 5.09. The van der Waals surface area contributed by atoms with Gasteiger partial charge in [-0.2, -0.15) is 0 Å². The van der Waals surface area contributed by atoms with Crippen molar-refractivity contribution < 1.29 is 14.9 Å². The van der Waals surface area contributed by atoms with Crippen molar-refractivity contribution in [3.63, 3.8) is 0 Å². The van der Waals surface area contributed by atoms with Gasteiger partial charge in [0.1, 0.15) is 0 Å². The van der Waals surface area contributed by atoms with E-state index in [1.54, 1.807) is 0 Å². The second-order valence-corrected chi connectivity index (χ2v) is 14.6. The highest BCUT2D eigenvalue weighted by atomic mass is 16.5. The molecule has 0 bridgehead atoms. The molecule has 216 valence electrons. The predicted octanol–water partition coefficient (Wildman–Crippen LogP) is 8.29. The third kappa shape index (κ3) is 6.51. The Morgan fingerprint density at radius 3 is 2.11 bits per heavy atom. The van der Waals surface area contributed by atoms with Gasteiger partial charge in [-0.3, -0.25) is 0 Å². The number of ether oxygens (including phenoxy) is 1. The van der Waals surface area contributed by atoms with Crippen molar-refractivity contribution in [2.24, 2.45) is 58.2 Å². The molecule has 3 nitrogen and oxygen atoms in total. The molecular formula is C34H62O3. The molecule has 2 N–H and O–H groups in total. The van der Waals surface area contributed by atoms with Gasteiger partial charge >= 0.3 is 0 Å². The molecule has 4 fully saturated rings. The van der Waals surface area contributed by atoms with Crippen LogP contribution < -0.4 is 0 Å². The summed E-state index contributed by atoms with van der Waals surface area (Å²) >= 11 is 0. The van der Waals surface area contributed by atoms with E-state index in [0.717, 1.165) is 47.3 Å². The highest BCUT2D eigenvalue weighted by Gasteiger charge is 2.60. The van der Waals surface area contributed by atoms with Crippen molar-refractivity contribution in [3.05, 3.63) is 12.2 Å². The minimum atomic E-state index is -0.115. The third-order valence-corrected chi connectivity index (χ3v) is 12.6. The van der Waals surface area contributed by atoms with Crippen LogP contribution in [-0.2, 0) is 4.74 Å². The Labute approximate surface area is 230 Å². The molecule has 0 saturated heterocycles. The first-order valence-corrected chi connectivity index (χ1v) is 16.0. The summed E-state index contributed by atoms with van der Waals surface area (Å²) < 4.78 is 5.81. The van der Waals surface area contributed by atoms with Gasteiger partial charge in [0.25, 0.3) is 0 Å². The fraction of sp³-hybridized carbons (Fsp3) is 0.941. The second kappa shape index (κ2) is 13.3. The SMILES string of the molecule is C=C(CO)CO.CCC(CC[C@@H](C)C1CCC2[C@@H]3CCC4CC(OC)CCC4(C)C3CCC21C)C(C)C. The Morgan fingerprint density at radius 2 is 1.54 bits per heavy atom. The van der Waals surface area contributed by atoms with E-state index in [9.17, 15) is 0 Å². The molecule has 0 aromatic carbocycles. The van der Waals surface area contributed by atoms with Gasteiger partial charge in [-0.15, -0.1) is 0 Å². The van der Waals surface area contributed by atoms with E-state index < -0.39 is 0 Å². The lowest BCUT2D eigenvalue weighted by Crippen LogP contribution is -2.54. The molecule has 0 radical (unpaired) electrons. The second-order valence-electron chi connectivity index (χ2n) is 14.6. The summed E-state index contributed by atoms with van der Waals surface area (Å²) in [6.07, 6.45) is 18.0. The van der Waals surface area contributed by atoms with Gasteiger partial charge in [-0.05, 0) is 128 Å². The minimum absolute atomic E-state index is 0.115. The van der Waals surface area contributed by atoms with Crippen molar-refractivity contribution in [2.45, 2.75) is 125 Å². The highest BCUT2D eigenvalue weighted by Crippen LogP contribution is 2.68. The van der Waals surface area contributed by atoms with E-state index in [2.05, 4.69) is 48.1 Å². The molecule has 0 aliphatic heterocycles. The van der Waals surface area contributed by atoms with Crippen LogP contribution in [0.2, 0.25) is 0 Å². The lowest BCUT2D eigenvalue weighted by atomic mass is 9.44. The van der Waals surface area contributed by atoms with E-state index in [4.69, 9.17) is 14.9 Å². The summed E-state index contributed by atoms with van der Waals surface area (Å²) in [6.45, 7) is 18.4. The molecule has 4 saturated carbocycles. The fourth-order valence-electron chi connectivity index (χ4n) is 10.1. The lowest BCUT2D eigenvalue weighted by Gasteiger charge is -2.61. The van der Waals surface area contributed by atoms with E-state index >= 15 is 0 Å². The first-order chi connectivity index (χ1) is 17.5.